The molecule has 0 radical (unpaired) electrons. The Balaban J connectivity index is 1.48. The summed E-state index contributed by atoms with van der Waals surface area (Å²) < 4.78 is 5.22. The first-order chi connectivity index (χ1) is 12.1. The molecule has 1 N–H and O–H groups in total. The molecule has 0 aliphatic carbocycles. The molecule has 25 heavy (non-hydrogen) atoms. The van der Waals surface area contributed by atoms with Gasteiger partial charge in [-0.25, -0.2) is 0 Å². The molecular weight excluding hydrogens is 322 g/mol. The first kappa shape index (κ1) is 15.9. The number of fused-ring (bicyclic) bond motifs is 2. The van der Waals surface area contributed by atoms with Crippen molar-refractivity contribution in [1.82, 2.24) is 15.1 Å². The highest BCUT2D eigenvalue weighted by Crippen LogP contribution is 2.32. The Hall–Kier alpha value is -2.57. The van der Waals surface area contributed by atoms with Crippen LogP contribution in [-0.2, 0) is 9.59 Å². The highest BCUT2D eigenvalue weighted by molar-refractivity contribution is 5.99. The van der Waals surface area contributed by atoms with E-state index < -0.39 is 6.04 Å². The van der Waals surface area contributed by atoms with Crippen LogP contribution < -0.4 is 10.1 Å². The van der Waals surface area contributed by atoms with E-state index in [1.165, 1.54) is 7.11 Å². The molecule has 7 nitrogen and oxygen atoms in total. The van der Waals surface area contributed by atoms with Gasteiger partial charge in [-0.1, -0.05) is 12.1 Å². The minimum Gasteiger partial charge on any atom is -0.496 e. The maximum Gasteiger partial charge on any atom is 0.255 e. The Morgan fingerprint density at radius 3 is 2.72 bits per heavy atom. The van der Waals surface area contributed by atoms with E-state index in [2.05, 4.69) is 5.32 Å². The number of rotatable bonds is 3. The van der Waals surface area contributed by atoms with Gasteiger partial charge in [0.05, 0.1) is 12.7 Å². The van der Waals surface area contributed by atoms with Crippen molar-refractivity contribution in [2.45, 2.75) is 37.4 Å². The van der Waals surface area contributed by atoms with Gasteiger partial charge in [-0.05, 0) is 31.4 Å². The standard InChI is InChI=1S/C18H21N3O4/c1-25-15-7-3-2-5-12(15)16(22)19-11-9-14-18(24)20-8-4-6-13(20)17(23)21(14)10-11/h2-3,5,7,11,13-14H,4,6,8-10H2,1H3,(H,19,22)/t11-,13+,14-/m0/s1. The number of hydrogen-bond acceptors (Lipinski definition) is 4. The summed E-state index contributed by atoms with van der Waals surface area (Å²) in [6.45, 7) is 1.05. The fourth-order valence-corrected chi connectivity index (χ4v) is 4.18. The van der Waals surface area contributed by atoms with Gasteiger partial charge in [-0.3, -0.25) is 14.4 Å². The minimum absolute atomic E-state index is 0.0242. The Morgan fingerprint density at radius 1 is 1.16 bits per heavy atom. The topological polar surface area (TPSA) is 79.0 Å². The zero-order chi connectivity index (χ0) is 17.6. The first-order valence-corrected chi connectivity index (χ1v) is 8.65. The molecule has 0 bridgehead atoms. The second kappa shape index (κ2) is 6.06. The number of hydrogen-bond donors (Lipinski definition) is 1. The van der Waals surface area contributed by atoms with E-state index in [0.29, 0.717) is 30.8 Å². The van der Waals surface area contributed by atoms with E-state index in [1.807, 2.05) is 0 Å². The van der Waals surface area contributed by atoms with Crippen LogP contribution in [0.2, 0.25) is 0 Å². The van der Waals surface area contributed by atoms with Crippen molar-refractivity contribution in [1.29, 1.82) is 0 Å². The van der Waals surface area contributed by atoms with Gasteiger partial charge in [0.1, 0.15) is 17.8 Å². The molecular formula is C18H21N3O4. The molecule has 3 saturated heterocycles. The molecule has 3 aliphatic rings. The SMILES string of the molecule is COc1ccccc1C(=O)N[C@H]1C[C@H]2C(=O)N3CCC[C@@H]3C(=O)N2C1. The second-order valence-electron chi connectivity index (χ2n) is 6.80. The van der Waals surface area contributed by atoms with Crippen LogP contribution >= 0.6 is 0 Å². The predicted molar refractivity (Wildman–Crippen MR) is 89.1 cm³/mol. The van der Waals surface area contributed by atoms with Gasteiger partial charge in [0.15, 0.2) is 0 Å². The number of piperazine rings is 1. The maximum atomic E-state index is 12.6. The zero-order valence-electron chi connectivity index (χ0n) is 14.1. The summed E-state index contributed by atoms with van der Waals surface area (Å²) in [6.07, 6.45) is 2.09. The second-order valence-corrected chi connectivity index (χ2v) is 6.80. The first-order valence-electron chi connectivity index (χ1n) is 8.65. The zero-order valence-corrected chi connectivity index (χ0v) is 14.1. The largest absolute Gasteiger partial charge is 0.496 e. The van der Waals surface area contributed by atoms with Gasteiger partial charge in [-0.15, -0.1) is 0 Å². The van der Waals surface area contributed by atoms with Gasteiger partial charge in [0.25, 0.3) is 5.91 Å². The summed E-state index contributed by atoms with van der Waals surface area (Å²) in [5, 5.41) is 2.95. The molecule has 3 heterocycles. The van der Waals surface area contributed by atoms with E-state index in [1.54, 1.807) is 34.1 Å². The number of amides is 3. The molecule has 1 aromatic carbocycles. The van der Waals surface area contributed by atoms with E-state index in [-0.39, 0.29) is 29.8 Å². The van der Waals surface area contributed by atoms with Crippen LogP contribution in [-0.4, -0.2) is 65.8 Å². The summed E-state index contributed by atoms with van der Waals surface area (Å²) in [7, 11) is 1.52. The third-order valence-corrected chi connectivity index (χ3v) is 5.38. The van der Waals surface area contributed by atoms with Crippen LogP contribution in [0.3, 0.4) is 0 Å². The average molecular weight is 343 g/mol. The number of para-hydroxylation sites is 1. The number of nitrogens with one attached hydrogen (secondary N) is 1. The van der Waals surface area contributed by atoms with Crippen LogP contribution in [0.15, 0.2) is 24.3 Å². The van der Waals surface area contributed by atoms with Crippen molar-refractivity contribution in [2.75, 3.05) is 20.2 Å². The lowest BCUT2D eigenvalue weighted by molar-refractivity contribution is -0.156. The van der Waals surface area contributed by atoms with Crippen molar-refractivity contribution >= 4 is 17.7 Å². The van der Waals surface area contributed by atoms with Crippen LogP contribution in [0, 0.1) is 0 Å². The summed E-state index contributed by atoms with van der Waals surface area (Å²) in [5.41, 5.74) is 0.452. The summed E-state index contributed by atoms with van der Waals surface area (Å²) >= 11 is 0. The van der Waals surface area contributed by atoms with Gasteiger partial charge >= 0.3 is 0 Å². The lowest BCUT2D eigenvalue weighted by Crippen LogP contribution is -2.60. The number of benzene rings is 1. The van der Waals surface area contributed by atoms with Gasteiger partial charge in [-0.2, -0.15) is 0 Å². The Kier molecular flexibility index (Phi) is 3.86. The lowest BCUT2D eigenvalue weighted by Gasteiger charge is -2.38. The minimum atomic E-state index is -0.440. The molecule has 4 rings (SSSR count). The molecule has 132 valence electrons. The normalized spacial score (nSPS) is 28.0. The van der Waals surface area contributed by atoms with E-state index in [9.17, 15) is 14.4 Å². The molecule has 7 heteroatoms. The van der Waals surface area contributed by atoms with Crippen molar-refractivity contribution in [3.05, 3.63) is 29.8 Å². The monoisotopic (exact) mass is 343 g/mol. The summed E-state index contributed by atoms with van der Waals surface area (Å²) in [5.74, 6) is 0.304. The molecule has 3 aliphatic heterocycles. The number of methoxy groups -OCH3 is 1. The predicted octanol–water partition coefficient (Wildman–Crippen LogP) is 0.399. The fraction of sp³-hybridized carbons (Fsp3) is 0.500. The Bertz CT molecular complexity index is 705. The Labute approximate surface area is 145 Å². The van der Waals surface area contributed by atoms with Gasteiger partial charge in [0.2, 0.25) is 11.8 Å². The summed E-state index contributed by atoms with van der Waals surface area (Å²) in [4.78, 5) is 41.2. The molecule has 0 saturated carbocycles. The molecule has 0 unspecified atom stereocenters. The smallest absolute Gasteiger partial charge is 0.255 e. The molecule has 3 fully saturated rings. The number of carbonyl (C=O) groups excluding carboxylic acids is 3. The Morgan fingerprint density at radius 2 is 1.92 bits per heavy atom. The van der Waals surface area contributed by atoms with Gasteiger partial charge < -0.3 is 19.9 Å². The van der Waals surface area contributed by atoms with Crippen LogP contribution in [0.4, 0.5) is 0 Å². The number of ether oxygens (including phenoxy) is 1. The molecule has 0 aromatic heterocycles. The average Bonchev–Trinajstić information content (AvgIpc) is 3.27. The lowest BCUT2D eigenvalue weighted by atomic mass is 10.1. The fourth-order valence-electron chi connectivity index (χ4n) is 4.18. The highest BCUT2D eigenvalue weighted by Gasteiger charge is 2.51. The van der Waals surface area contributed by atoms with E-state index >= 15 is 0 Å². The highest BCUT2D eigenvalue weighted by atomic mass is 16.5. The van der Waals surface area contributed by atoms with E-state index in [0.717, 1.165) is 12.8 Å². The molecule has 3 amide bonds. The molecule has 3 atom stereocenters. The third-order valence-electron chi connectivity index (χ3n) is 5.38. The molecule has 0 spiro atoms. The third kappa shape index (κ3) is 2.54. The van der Waals surface area contributed by atoms with Crippen LogP contribution in [0.25, 0.3) is 0 Å². The van der Waals surface area contributed by atoms with E-state index in [4.69, 9.17) is 4.74 Å². The maximum absolute atomic E-state index is 12.6. The number of nitrogens with zero attached hydrogens (tertiary/aromatic N) is 2. The van der Waals surface area contributed by atoms with Crippen molar-refractivity contribution in [3.8, 4) is 5.75 Å². The quantitative estimate of drug-likeness (QED) is 0.862. The van der Waals surface area contributed by atoms with Crippen molar-refractivity contribution in [2.24, 2.45) is 0 Å². The molecule has 1 aromatic rings. The van der Waals surface area contributed by atoms with Crippen molar-refractivity contribution < 1.29 is 19.1 Å². The van der Waals surface area contributed by atoms with Gasteiger partial charge in [0, 0.05) is 19.1 Å². The summed E-state index contributed by atoms with van der Waals surface area (Å²) in [6, 6.07) is 6.04. The van der Waals surface area contributed by atoms with Crippen molar-refractivity contribution in [3.63, 3.8) is 0 Å². The van der Waals surface area contributed by atoms with Crippen LogP contribution in [0.1, 0.15) is 29.6 Å². The number of carbonyl (C=O) groups is 3. The van der Waals surface area contributed by atoms with Crippen LogP contribution in [0.5, 0.6) is 5.75 Å².